The molecule has 0 aromatic heterocycles. The molecule has 0 radical (unpaired) electrons. The lowest BCUT2D eigenvalue weighted by atomic mass is 9.95. The maximum Gasteiger partial charge on any atom is 0.262 e. The van der Waals surface area contributed by atoms with Crippen LogP contribution in [0.2, 0.25) is 0 Å². The number of amides is 4. The zero-order valence-electron chi connectivity index (χ0n) is 30.4. The molecule has 2 heterocycles. The summed E-state index contributed by atoms with van der Waals surface area (Å²) in [6, 6.07) is 31.2. The monoisotopic (exact) mass is 798 g/mol. The Balaban J connectivity index is 0.000000476. The summed E-state index contributed by atoms with van der Waals surface area (Å²) in [6.07, 6.45) is 1.43. The van der Waals surface area contributed by atoms with Crippen molar-refractivity contribution in [1.29, 1.82) is 0 Å². The summed E-state index contributed by atoms with van der Waals surface area (Å²) in [5.41, 5.74) is 1.86. The van der Waals surface area contributed by atoms with Gasteiger partial charge in [0.2, 0.25) is 0 Å². The molecule has 4 amide bonds. The molecule has 0 atom stereocenters. The number of fused-ring (bicyclic) bond motifs is 10. The number of rotatable bonds is 9. The van der Waals surface area contributed by atoms with Crippen molar-refractivity contribution in [1.82, 2.24) is 20.4 Å². The second-order valence-electron chi connectivity index (χ2n) is 13.2. The van der Waals surface area contributed by atoms with Crippen LogP contribution in [0.1, 0.15) is 41.4 Å². The number of nitrogens with one attached hydrogen (secondary N) is 2. The molecule has 16 heteroatoms. The van der Waals surface area contributed by atoms with Gasteiger partial charge >= 0.3 is 0 Å². The standard InChI is InChI=1S/C38H30N4O4.2CH4O3S/c43-35-29-15-13-25-11-9-23-5-1-3-7-27(23)31(25)33(29)37(45)41(35)21-19-39-17-18-40-20-22-42-36(44)30-16-14-26-12-10-24-6-2-4-8-28(24)32(26)34(30)38(42)46;2*1-5(2,3)4/h1-16,39-40H,17-22H2;2*1H3,(H,2,3,4). The van der Waals surface area contributed by atoms with Crippen LogP contribution in [0.3, 0.4) is 0 Å². The zero-order chi connectivity index (χ0) is 40.4. The summed E-state index contributed by atoms with van der Waals surface area (Å²) in [5.74, 6) is -1.06. The lowest BCUT2D eigenvalue weighted by Crippen LogP contribution is -2.40. The first-order chi connectivity index (χ1) is 26.5. The maximum absolute atomic E-state index is 13.5. The summed E-state index contributed by atoms with van der Waals surface area (Å²) in [6.45, 7) is 2.61. The number of hydrogen-bond acceptors (Lipinski definition) is 10. The number of hydrogen-bond donors (Lipinski definition) is 4. The largest absolute Gasteiger partial charge is 0.314 e. The molecule has 6 aromatic carbocycles. The molecule has 6 aromatic rings. The Hall–Kier alpha value is -5.62. The van der Waals surface area contributed by atoms with Gasteiger partial charge in [-0.2, -0.15) is 16.8 Å². The van der Waals surface area contributed by atoms with Crippen molar-refractivity contribution in [3.05, 3.63) is 119 Å². The lowest BCUT2D eigenvalue weighted by molar-refractivity contribution is 0.0639. The predicted octanol–water partition coefficient (Wildman–Crippen LogP) is 4.38. The average Bonchev–Trinajstić information content (AvgIpc) is 3.54. The van der Waals surface area contributed by atoms with Crippen molar-refractivity contribution in [3.63, 3.8) is 0 Å². The fourth-order valence-corrected chi connectivity index (χ4v) is 6.96. The van der Waals surface area contributed by atoms with Gasteiger partial charge in [0, 0.05) is 50.0 Å². The van der Waals surface area contributed by atoms with Crippen LogP contribution in [0.15, 0.2) is 97.1 Å². The summed E-state index contributed by atoms with van der Waals surface area (Å²) >= 11 is 0. The minimum Gasteiger partial charge on any atom is -0.314 e. The molecule has 0 unspecified atom stereocenters. The quantitative estimate of drug-likeness (QED) is 0.0696. The number of carbonyl (C=O) groups is 4. The van der Waals surface area contributed by atoms with Crippen molar-refractivity contribution in [2.24, 2.45) is 0 Å². The predicted molar refractivity (Wildman–Crippen MR) is 214 cm³/mol. The third kappa shape index (κ3) is 8.75. The highest BCUT2D eigenvalue weighted by Crippen LogP contribution is 2.36. The molecule has 0 bridgehead atoms. The van der Waals surface area contributed by atoms with E-state index >= 15 is 0 Å². The van der Waals surface area contributed by atoms with E-state index in [0.717, 1.165) is 43.1 Å². The van der Waals surface area contributed by atoms with Gasteiger partial charge in [-0.05, 0) is 44.5 Å². The highest BCUT2D eigenvalue weighted by molar-refractivity contribution is 7.85. The molecule has 2 aliphatic heterocycles. The first kappa shape index (κ1) is 40.1. The van der Waals surface area contributed by atoms with Gasteiger partial charge in [-0.15, -0.1) is 0 Å². The van der Waals surface area contributed by atoms with Crippen LogP contribution in [-0.4, -0.2) is 111 Å². The second kappa shape index (κ2) is 16.2. The van der Waals surface area contributed by atoms with Gasteiger partial charge in [-0.3, -0.25) is 38.1 Å². The van der Waals surface area contributed by atoms with Crippen molar-refractivity contribution < 1.29 is 45.1 Å². The number of nitrogens with zero attached hydrogens (tertiary/aromatic N) is 2. The first-order valence-electron chi connectivity index (χ1n) is 17.4. The van der Waals surface area contributed by atoms with Crippen molar-refractivity contribution in [2.45, 2.75) is 0 Å². The second-order valence-corrected chi connectivity index (χ2v) is 16.2. The summed E-state index contributed by atoms with van der Waals surface area (Å²) in [5, 5.41) is 14.1. The third-order valence-electron chi connectivity index (χ3n) is 9.19. The normalized spacial score (nSPS) is 13.9. The van der Waals surface area contributed by atoms with Crippen LogP contribution in [0.4, 0.5) is 0 Å². The Morgan fingerprint density at radius 3 is 1.16 bits per heavy atom. The fourth-order valence-electron chi connectivity index (χ4n) is 6.96. The van der Waals surface area contributed by atoms with Crippen molar-refractivity contribution in [2.75, 3.05) is 51.8 Å². The molecule has 290 valence electrons. The van der Waals surface area contributed by atoms with E-state index in [4.69, 9.17) is 9.11 Å². The average molecular weight is 799 g/mol. The fraction of sp³-hybridized carbons (Fsp3) is 0.200. The SMILES string of the molecule is CS(=O)(=O)O.CS(=O)(=O)O.O=C1c2ccc3ccc4ccccc4c3c2C(=O)N1CCNCCNCCN1C(=O)c2ccc3ccc4ccccc4c3c2C1=O. The van der Waals surface area contributed by atoms with Gasteiger partial charge in [0.1, 0.15) is 0 Å². The van der Waals surface area contributed by atoms with E-state index in [0.29, 0.717) is 60.9 Å². The molecule has 2 aliphatic rings. The molecule has 56 heavy (non-hydrogen) atoms. The summed E-state index contributed by atoms with van der Waals surface area (Å²) in [4.78, 5) is 56.0. The van der Waals surface area contributed by atoms with Crippen LogP contribution in [-0.2, 0) is 20.2 Å². The summed E-state index contributed by atoms with van der Waals surface area (Å²) < 4.78 is 51.7. The Morgan fingerprint density at radius 2 is 0.786 bits per heavy atom. The van der Waals surface area contributed by atoms with E-state index in [1.165, 1.54) is 9.80 Å². The summed E-state index contributed by atoms with van der Waals surface area (Å²) in [7, 11) is -7.33. The van der Waals surface area contributed by atoms with E-state index < -0.39 is 20.2 Å². The van der Waals surface area contributed by atoms with E-state index in [1.807, 2.05) is 84.9 Å². The van der Waals surface area contributed by atoms with Gasteiger partial charge in [0.05, 0.1) is 34.8 Å². The highest BCUT2D eigenvalue weighted by Gasteiger charge is 2.38. The van der Waals surface area contributed by atoms with E-state index in [2.05, 4.69) is 10.6 Å². The Kier molecular flexibility index (Phi) is 11.6. The van der Waals surface area contributed by atoms with Crippen molar-refractivity contribution in [3.8, 4) is 0 Å². The molecule has 0 saturated heterocycles. The van der Waals surface area contributed by atoms with Gasteiger partial charge in [0.15, 0.2) is 0 Å². The lowest BCUT2D eigenvalue weighted by Gasteiger charge is -2.16. The first-order valence-corrected chi connectivity index (χ1v) is 21.1. The number of benzene rings is 6. The van der Waals surface area contributed by atoms with Gasteiger partial charge in [-0.25, -0.2) is 0 Å². The number of imide groups is 2. The minimum atomic E-state index is -3.67. The molecule has 8 rings (SSSR count). The molecule has 0 spiro atoms. The Bertz CT molecular complexity index is 2580. The topological polar surface area (TPSA) is 208 Å². The van der Waals surface area contributed by atoms with Gasteiger partial charge in [-0.1, -0.05) is 84.9 Å². The molecular formula is C40H38N4O10S2. The molecular weight excluding hydrogens is 761 g/mol. The highest BCUT2D eigenvalue weighted by atomic mass is 32.2. The Morgan fingerprint density at radius 1 is 0.464 bits per heavy atom. The van der Waals surface area contributed by atoms with E-state index in [-0.39, 0.29) is 36.7 Å². The third-order valence-corrected chi connectivity index (χ3v) is 9.19. The molecule has 14 nitrogen and oxygen atoms in total. The number of carbonyl (C=O) groups excluding carboxylic acids is 4. The van der Waals surface area contributed by atoms with Crippen LogP contribution in [0.25, 0.3) is 43.1 Å². The smallest absolute Gasteiger partial charge is 0.262 e. The molecule has 0 fully saturated rings. The zero-order valence-corrected chi connectivity index (χ0v) is 32.0. The Labute approximate surface area is 322 Å². The van der Waals surface area contributed by atoms with Crippen LogP contribution in [0, 0.1) is 0 Å². The molecule has 0 saturated carbocycles. The van der Waals surface area contributed by atoms with E-state index in [9.17, 15) is 36.0 Å². The van der Waals surface area contributed by atoms with Gasteiger partial charge in [0.25, 0.3) is 43.9 Å². The van der Waals surface area contributed by atoms with Crippen molar-refractivity contribution >= 4 is 87.0 Å². The van der Waals surface area contributed by atoms with Crippen LogP contribution in [0.5, 0.6) is 0 Å². The molecule has 0 aliphatic carbocycles. The maximum atomic E-state index is 13.5. The van der Waals surface area contributed by atoms with E-state index in [1.54, 1.807) is 12.1 Å². The van der Waals surface area contributed by atoms with Crippen LogP contribution < -0.4 is 10.6 Å². The van der Waals surface area contributed by atoms with Crippen LogP contribution >= 0.6 is 0 Å². The minimum absolute atomic E-state index is 0.260. The van der Waals surface area contributed by atoms with Gasteiger partial charge < -0.3 is 10.6 Å². The molecule has 4 N–H and O–H groups in total.